The second kappa shape index (κ2) is 5.52. The van der Waals surface area contributed by atoms with Gasteiger partial charge in [0.1, 0.15) is 12.1 Å². The van der Waals surface area contributed by atoms with Crippen LogP contribution in [0.4, 0.5) is 0 Å². The van der Waals surface area contributed by atoms with Crippen molar-refractivity contribution in [1.29, 1.82) is 5.26 Å². The van der Waals surface area contributed by atoms with Crippen LogP contribution in [0.5, 0.6) is 0 Å². The number of ketones is 1. The fraction of sp³-hybridized carbons (Fsp3) is 0.750. The zero-order chi connectivity index (χ0) is 17.8. The lowest BCUT2D eigenvalue weighted by Crippen LogP contribution is -2.58. The van der Waals surface area contributed by atoms with Crippen molar-refractivity contribution in [3.05, 3.63) is 12.7 Å². The monoisotopic (exact) mass is 329 g/mol. The maximum Gasteiger partial charge on any atom is 0.157 e. The van der Waals surface area contributed by atoms with Crippen molar-refractivity contribution in [3.63, 3.8) is 0 Å². The molecule has 130 valence electrons. The Kier molecular flexibility index (Phi) is 3.99. The van der Waals surface area contributed by atoms with Gasteiger partial charge in [0.15, 0.2) is 6.10 Å². The molecule has 4 nitrogen and oxygen atoms in total. The van der Waals surface area contributed by atoms with E-state index >= 15 is 0 Å². The molecule has 0 aromatic heterocycles. The smallest absolute Gasteiger partial charge is 0.157 e. The Bertz CT molecular complexity index is 613. The zero-order valence-corrected chi connectivity index (χ0v) is 14.9. The van der Waals surface area contributed by atoms with Gasteiger partial charge in [0.05, 0.1) is 17.6 Å². The van der Waals surface area contributed by atoms with E-state index in [1.54, 1.807) is 6.08 Å². The van der Waals surface area contributed by atoms with E-state index in [2.05, 4.69) is 26.5 Å². The van der Waals surface area contributed by atoms with E-state index in [-0.39, 0.29) is 23.7 Å². The molecule has 0 radical (unpaired) electrons. The van der Waals surface area contributed by atoms with Crippen LogP contribution in [0.1, 0.15) is 52.9 Å². The highest BCUT2D eigenvalue weighted by molar-refractivity contribution is 5.90. The highest BCUT2D eigenvalue weighted by Gasteiger charge is 2.74. The van der Waals surface area contributed by atoms with E-state index < -0.39 is 22.3 Å². The van der Waals surface area contributed by atoms with E-state index in [4.69, 9.17) is 4.74 Å². The lowest BCUT2D eigenvalue weighted by molar-refractivity contribution is -0.142. The first-order valence-electron chi connectivity index (χ1n) is 8.98. The van der Waals surface area contributed by atoms with E-state index in [1.165, 1.54) is 0 Å². The van der Waals surface area contributed by atoms with E-state index in [9.17, 15) is 14.9 Å². The summed E-state index contributed by atoms with van der Waals surface area (Å²) in [6.07, 6.45) is 5.49. The summed E-state index contributed by atoms with van der Waals surface area (Å²) in [5.74, 6) is 0.703. The molecule has 3 rings (SSSR count). The standard InChI is InChI=1S/C20H27NO3/c1-5-18(3,12-22)10-16-19(4)13(2)6-7-14-8-9-15(23)20(14,19)17(11-21)24-16/h5,12-14,16-17H,1,6-10H2,2-4H3/t13-,14+,16-,17+,18-,19+,20+/m1/s1. The molecule has 3 fully saturated rings. The molecule has 4 heteroatoms. The van der Waals surface area contributed by atoms with Crippen LogP contribution in [0.3, 0.4) is 0 Å². The molecule has 0 amide bonds. The largest absolute Gasteiger partial charge is 0.358 e. The third-order valence-corrected chi connectivity index (χ3v) is 7.55. The Balaban J connectivity index is 2.12. The molecule has 7 atom stereocenters. The molecular formula is C20H27NO3. The highest BCUT2D eigenvalue weighted by atomic mass is 16.5. The molecule has 0 bridgehead atoms. The van der Waals surface area contributed by atoms with Crippen molar-refractivity contribution in [1.82, 2.24) is 0 Å². The Morgan fingerprint density at radius 1 is 1.46 bits per heavy atom. The van der Waals surface area contributed by atoms with Gasteiger partial charge in [-0.2, -0.15) is 5.26 Å². The van der Waals surface area contributed by atoms with Crippen molar-refractivity contribution in [2.24, 2.45) is 28.1 Å². The number of rotatable bonds is 4. The van der Waals surface area contributed by atoms with Gasteiger partial charge < -0.3 is 9.53 Å². The topological polar surface area (TPSA) is 67.2 Å². The number of carbonyl (C=O) groups excluding carboxylic acids is 2. The van der Waals surface area contributed by atoms with Crippen LogP contribution in [0.25, 0.3) is 0 Å². The van der Waals surface area contributed by atoms with Gasteiger partial charge in [-0.05, 0) is 44.4 Å². The normalized spacial score (nSPS) is 46.5. The Labute approximate surface area is 144 Å². The average Bonchev–Trinajstić information content (AvgIpc) is 3.05. The van der Waals surface area contributed by atoms with Crippen LogP contribution in [0.15, 0.2) is 12.7 Å². The quantitative estimate of drug-likeness (QED) is 0.585. The molecule has 1 spiro atoms. The number of nitrogens with zero attached hydrogens (tertiary/aromatic N) is 1. The minimum Gasteiger partial charge on any atom is -0.358 e. The van der Waals surface area contributed by atoms with Gasteiger partial charge >= 0.3 is 0 Å². The van der Waals surface area contributed by atoms with Crippen molar-refractivity contribution < 1.29 is 14.3 Å². The number of aldehydes is 1. The summed E-state index contributed by atoms with van der Waals surface area (Å²) in [5, 5.41) is 9.78. The number of hydrogen-bond donors (Lipinski definition) is 0. The molecule has 1 saturated heterocycles. The maximum absolute atomic E-state index is 13.1. The molecule has 0 unspecified atom stereocenters. The van der Waals surface area contributed by atoms with Crippen molar-refractivity contribution in [2.75, 3.05) is 0 Å². The van der Waals surface area contributed by atoms with Gasteiger partial charge in [0.25, 0.3) is 0 Å². The van der Waals surface area contributed by atoms with Gasteiger partial charge in [0.2, 0.25) is 0 Å². The summed E-state index contributed by atoms with van der Waals surface area (Å²) in [5.41, 5.74) is -1.81. The molecule has 24 heavy (non-hydrogen) atoms. The molecular weight excluding hydrogens is 302 g/mol. The van der Waals surface area contributed by atoms with Gasteiger partial charge in [0, 0.05) is 17.3 Å². The van der Waals surface area contributed by atoms with Crippen LogP contribution in [-0.2, 0) is 14.3 Å². The maximum atomic E-state index is 13.1. The predicted octanol–water partition coefficient (Wildman–Crippen LogP) is 3.46. The second-order valence-electron chi connectivity index (χ2n) is 8.45. The van der Waals surface area contributed by atoms with Gasteiger partial charge in [-0.1, -0.05) is 19.9 Å². The van der Waals surface area contributed by atoms with E-state index in [1.807, 2.05) is 6.92 Å². The third kappa shape index (κ3) is 1.88. The SMILES string of the molecule is C=C[C@@](C)(C=O)C[C@H]1O[C@@H](C#N)[C@@]23C(=O)CC[C@@H]2CC[C@@H](C)[C@@]13C. The summed E-state index contributed by atoms with van der Waals surface area (Å²) in [6.45, 7) is 9.93. The van der Waals surface area contributed by atoms with Crippen LogP contribution in [0.2, 0.25) is 0 Å². The highest BCUT2D eigenvalue weighted by Crippen LogP contribution is 2.70. The number of Topliss-reactive ketones (excluding diaryl/α,β-unsaturated/α-hetero) is 1. The molecule has 1 aliphatic heterocycles. The lowest BCUT2D eigenvalue weighted by atomic mass is 9.46. The van der Waals surface area contributed by atoms with Gasteiger partial charge in [-0.3, -0.25) is 4.79 Å². The van der Waals surface area contributed by atoms with E-state index in [0.29, 0.717) is 12.8 Å². The Hall–Kier alpha value is -1.47. The van der Waals surface area contributed by atoms with E-state index in [0.717, 1.165) is 25.5 Å². The van der Waals surface area contributed by atoms with Crippen LogP contribution in [-0.4, -0.2) is 24.3 Å². The van der Waals surface area contributed by atoms with Crippen molar-refractivity contribution in [2.45, 2.75) is 65.1 Å². The molecule has 1 heterocycles. The minimum atomic E-state index is -0.701. The lowest BCUT2D eigenvalue weighted by Gasteiger charge is -2.53. The zero-order valence-electron chi connectivity index (χ0n) is 14.9. The number of nitriles is 1. The summed E-state index contributed by atoms with van der Waals surface area (Å²) in [6, 6.07) is 2.30. The van der Waals surface area contributed by atoms with Crippen molar-refractivity contribution in [3.8, 4) is 6.07 Å². The van der Waals surface area contributed by atoms with Crippen molar-refractivity contribution >= 4 is 12.1 Å². The number of allylic oxidation sites excluding steroid dienone is 1. The molecule has 3 aliphatic rings. The predicted molar refractivity (Wildman–Crippen MR) is 89.9 cm³/mol. The molecule has 2 saturated carbocycles. The van der Waals surface area contributed by atoms with Crippen LogP contribution < -0.4 is 0 Å². The summed E-state index contributed by atoms with van der Waals surface area (Å²) in [7, 11) is 0. The minimum absolute atomic E-state index is 0.196. The summed E-state index contributed by atoms with van der Waals surface area (Å²) < 4.78 is 6.22. The summed E-state index contributed by atoms with van der Waals surface area (Å²) in [4.78, 5) is 24.6. The number of ether oxygens (including phenoxy) is 1. The Morgan fingerprint density at radius 3 is 2.75 bits per heavy atom. The first kappa shape index (κ1) is 17.4. The second-order valence-corrected chi connectivity index (χ2v) is 8.45. The number of carbonyl (C=O) groups is 2. The first-order chi connectivity index (χ1) is 11.3. The fourth-order valence-electron chi connectivity index (χ4n) is 5.85. The Morgan fingerprint density at radius 2 is 2.17 bits per heavy atom. The molecule has 0 N–H and O–H groups in total. The average molecular weight is 329 g/mol. The first-order valence-corrected chi connectivity index (χ1v) is 8.98. The van der Waals surface area contributed by atoms with Gasteiger partial charge in [-0.15, -0.1) is 6.58 Å². The molecule has 2 aliphatic carbocycles. The molecule has 0 aromatic rings. The van der Waals surface area contributed by atoms with Gasteiger partial charge in [-0.25, -0.2) is 0 Å². The fourth-order valence-corrected chi connectivity index (χ4v) is 5.85. The van der Waals surface area contributed by atoms with Crippen LogP contribution in [0, 0.1) is 39.4 Å². The summed E-state index contributed by atoms with van der Waals surface area (Å²) >= 11 is 0. The third-order valence-electron chi connectivity index (χ3n) is 7.55. The molecule has 0 aromatic carbocycles. The number of hydrogen-bond acceptors (Lipinski definition) is 4. The van der Waals surface area contributed by atoms with Crippen LogP contribution >= 0.6 is 0 Å².